The molecule has 3 aliphatic rings. The molecule has 3 heterocycles. The number of H-pyrrole nitrogens is 1. The smallest absolute Gasteiger partial charge is 0.268 e. The molecule has 7 heteroatoms. The van der Waals surface area contributed by atoms with Crippen molar-refractivity contribution in [2.45, 2.75) is 51.1 Å². The summed E-state index contributed by atoms with van der Waals surface area (Å²) in [5.41, 5.74) is 1.45. The number of aryl methyl sites for hydroxylation is 2. The average molecular weight is 399 g/mol. The zero-order chi connectivity index (χ0) is 19.1. The van der Waals surface area contributed by atoms with Crippen LogP contribution in [0.1, 0.15) is 51.8 Å². The van der Waals surface area contributed by atoms with E-state index in [4.69, 9.17) is 4.98 Å². The number of rotatable bonds is 4. The quantitative estimate of drug-likeness (QED) is 0.829. The summed E-state index contributed by atoms with van der Waals surface area (Å²) in [4.78, 5) is 35.6. The monoisotopic (exact) mass is 398 g/mol. The minimum Gasteiger partial charge on any atom is -0.347 e. The van der Waals surface area contributed by atoms with Crippen LogP contribution in [0.5, 0.6) is 0 Å². The molecule has 1 saturated heterocycles. The second-order valence-corrected chi connectivity index (χ2v) is 9.57. The van der Waals surface area contributed by atoms with E-state index >= 15 is 0 Å². The van der Waals surface area contributed by atoms with Gasteiger partial charge in [0.15, 0.2) is 0 Å². The van der Waals surface area contributed by atoms with Gasteiger partial charge in [-0.1, -0.05) is 6.07 Å². The van der Waals surface area contributed by atoms with Crippen LogP contribution in [0.3, 0.4) is 0 Å². The van der Waals surface area contributed by atoms with E-state index in [1.165, 1.54) is 40.9 Å². The van der Waals surface area contributed by atoms with Crippen molar-refractivity contribution in [1.82, 2.24) is 20.2 Å². The van der Waals surface area contributed by atoms with Crippen molar-refractivity contribution in [1.29, 1.82) is 0 Å². The maximum atomic E-state index is 12.6. The van der Waals surface area contributed by atoms with Crippen molar-refractivity contribution in [2.24, 2.45) is 11.8 Å². The third-order valence-electron chi connectivity index (χ3n) is 6.47. The maximum absolute atomic E-state index is 12.6. The minimum atomic E-state index is -0.239. The van der Waals surface area contributed by atoms with Crippen molar-refractivity contribution >= 4 is 17.2 Å². The molecule has 2 fully saturated rings. The molecule has 148 valence electrons. The van der Waals surface area contributed by atoms with Crippen molar-refractivity contribution in [2.75, 3.05) is 13.1 Å². The number of amides is 1. The second kappa shape index (κ2) is 7.44. The molecule has 2 bridgehead atoms. The van der Waals surface area contributed by atoms with Crippen LogP contribution < -0.4 is 10.9 Å². The average Bonchev–Trinajstić information content (AvgIpc) is 3.18. The van der Waals surface area contributed by atoms with Crippen molar-refractivity contribution in [3.05, 3.63) is 49.8 Å². The maximum Gasteiger partial charge on any atom is 0.268 e. The molecule has 5 rings (SSSR count). The standard InChI is InChI=1S/C21H26N4O2S/c26-18-7-3-5-16(22-18)21(27)24-20-13-8-9-14(20)11-25(10-13)12-19-23-15-4-1-2-6-17(15)28-19/h3,5,7,13-14,20H,1-2,4,6,8-12H2,(H,22,26)(H,24,27)/t13-,14+,20?. The number of piperidine rings is 1. The number of pyridine rings is 1. The lowest BCUT2D eigenvalue weighted by atomic mass is 9.92. The fourth-order valence-electron chi connectivity index (χ4n) is 5.16. The van der Waals surface area contributed by atoms with Gasteiger partial charge in [-0.25, -0.2) is 4.98 Å². The molecule has 2 aromatic heterocycles. The first-order valence-electron chi connectivity index (χ1n) is 10.4. The summed E-state index contributed by atoms with van der Waals surface area (Å²) >= 11 is 1.91. The molecule has 0 spiro atoms. The summed E-state index contributed by atoms with van der Waals surface area (Å²) in [6.07, 6.45) is 7.24. The number of nitrogens with one attached hydrogen (secondary N) is 2. The van der Waals surface area contributed by atoms with E-state index in [0.717, 1.165) is 38.9 Å². The normalized spacial score (nSPS) is 26.8. The Morgan fingerprint density at radius 3 is 2.75 bits per heavy atom. The van der Waals surface area contributed by atoms with Crippen LogP contribution >= 0.6 is 11.3 Å². The molecule has 0 radical (unpaired) electrons. The SMILES string of the molecule is O=C(NC1[C@@H]2CC[C@H]1CN(Cc1nc3c(s1)CCCC3)C2)c1cccc(=O)[nH]1. The molecule has 6 nitrogen and oxygen atoms in total. The van der Waals surface area contributed by atoms with Crippen molar-refractivity contribution in [3.63, 3.8) is 0 Å². The Labute approximate surface area is 168 Å². The first-order chi connectivity index (χ1) is 13.7. The zero-order valence-corrected chi connectivity index (χ0v) is 16.8. The highest BCUT2D eigenvalue weighted by atomic mass is 32.1. The van der Waals surface area contributed by atoms with E-state index in [9.17, 15) is 9.59 Å². The molecular weight excluding hydrogens is 372 g/mol. The third kappa shape index (κ3) is 3.53. The topological polar surface area (TPSA) is 78.1 Å². The van der Waals surface area contributed by atoms with Gasteiger partial charge in [-0.2, -0.15) is 0 Å². The van der Waals surface area contributed by atoms with E-state index in [1.807, 2.05) is 11.3 Å². The Balaban J connectivity index is 1.23. The number of carbonyl (C=O) groups excluding carboxylic acids is 1. The molecule has 2 aliphatic carbocycles. The highest BCUT2D eigenvalue weighted by Crippen LogP contribution is 2.38. The Morgan fingerprint density at radius 1 is 1.21 bits per heavy atom. The lowest BCUT2D eigenvalue weighted by molar-refractivity contribution is 0.0820. The van der Waals surface area contributed by atoms with Crippen molar-refractivity contribution < 1.29 is 4.79 Å². The van der Waals surface area contributed by atoms with Gasteiger partial charge in [-0.15, -0.1) is 11.3 Å². The van der Waals surface area contributed by atoms with Crippen LogP contribution in [0, 0.1) is 11.8 Å². The number of aromatic amines is 1. The van der Waals surface area contributed by atoms with E-state index in [1.54, 1.807) is 12.1 Å². The van der Waals surface area contributed by atoms with E-state index in [0.29, 0.717) is 17.5 Å². The Kier molecular flexibility index (Phi) is 4.80. The molecule has 28 heavy (non-hydrogen) atoms. The van der Waals surface area contributed by atoms with Gasteiger partial charge in [0.05, 0.1) is 12.2 Å². The molecular formula is C21H26N4O2S. The van der Waals surface area contributed by atoms with Gasteiger partial charge in [0.2, 0.25) is 5.56 Å². The summed E-state index contributed by atoms with van der Waals surface area (Å²) in [5.74, 6) is 0.793. The third-order valence-corrected chi connectivity index (χ3v) is 7.61. The molecule has 2 aromatic rings. The number of hydrogen-bond acceptors (Lipinski definition) is 5. The first-order valence-corrected chi connectivity index (χ1v) is 11.2. The van der Waals surface area contributed by atoms with Crippen LogP contribution in [-0.4, -0.2) is 39.9 Å². The van der Waals surface area contributed by atoms with Crippen LogP contribution in [0.15, 0.2) is 23.0 Å². The van der Waals surface area contributed by atoms with E-state index in [-0.39, 0.29) is 17.5 Å². The number of nitrogens with zero attached hydrogens (tertiary/aromatic N) is 2. The highest BCUT2D eigenvalue weighted by Gasteiger charge is 2.43. The predicted molar refractivity (Wildman–Crippen MR) is 109 cm³/mol. The lowest BCUT2D eigenvalue weighted by Crippen LogP contribution is -2.52. The minimum absolute atomic E-state index is 0.166. The summed E-state index contributed by atoms with van der Waals surface area (Å²) in [7, 11) is 0. The molecule has 3 atom stereocenters. The van der Waals surface area contributed by atoms with Crippen LogP contribution in [0.4, 0.5) is 0 Å². The van der Waals surface area contributed by atoms with Crippen LogP contribution in [0.2, 0.25) is 0 Å². The van der Waals surface area contributed by atoms with Gasteiger partial charge >= 0.3 is 0 Å². The number of carbonyl (C=O) groups is 1. The molecule has 1 aliphatic heterocycles. The summed E-state index contributed by atoms with van der Waals surface area (Å²) in [5, 5.41) is 4.46. The zero-order valence-electron chi connectivity index (χ0n) is 15.9. The fourth-order valence-corrected chi connectivity index (χ4v) is 6.36. The van der Waals surface area contributed by atoms with E-state index in [2.05, 4.69) is 15.2 Å². The molecule has 1 amide bonds. The molecule has 0 aromatic carbocycles. The van der Waals surface area contributed by atoms with Gasteiger partial charge in [0.25, 0.3) is 5.91 Å². The number of likely N-dealkylation sites (tertiary alicyclic amines) is 1. The van der Waals surface area contributed by atoms with Gasteiger partial charge in [-0.05, 0) is 56.4 Å². The van der Waals surface area contributed by atoms with Gasteiger partial charge in [0, 0.05) is 30.1 Å². The summed E-state index contributed by atoms with van der Waals surface area (Å²) in [6.45, 7) is 2.96. The molecule has 1 saturated carbocycles. The Hall–Kier alpha value is -1.99. The number of fused-ring (bicyclic) bond motifs is 3. The lowest BCUT2D eigenvalue weighted by Gasteiger charge is -2.38. The Bertz CT molecular complexity index is 899. The van der Waals surface area contributed by atoms with Crippen molar-refractivity contribution in [3.8, 4) is 0 Å². The van der Waals surface area contributed by atoms with Crippen LogP contribution in [0.25, 0.3) is 0 Å². The first kappa shape index (κ1) is 18.1. The van der Waals surface area contributed by atoms with Gasteiger partial charge in [0.1, 0.15) is 10.7 Å². The number of thiazole rings is 1. The summed E-state index contributed by atoms with van der Waals surface area (Å²) in [6, 6.07) is 4.92. The summed E-state index contributed by atoms with van der Waals surface area (Å²) < 4.78 is 0. The van der Waals surface area contributed by atoms with Crippen LogP contribution in [-0.2, 0) is 19.4 Å². The second-order valence-electron chi connectivity index (χ2n) is 8.40. The largest absolute Gasteiger partial charge is 0.347 e. The van der Waals surface area contributed by atoms with Gasteiger partial charge < -0.3 is 10.3 Å². The Morgan fingerprint density at radius 2 is 2.00 bits per heavy atom. The number of aromatic nitrogens is 2. The fraction of sp³-hybridized carbons (Fsp3) is 0.571. The highest BCUT2D eigenvalue weighted by molar-refractivity contribution is 7.11. The number of hydrogen-bond donors (Lipinski definition) is 2. The molecule has 2 N–H and O–H groups in total. The molecule has 1 unspecified atom stereocenters. The van der Waals surface area contributed by atoms with E-state index < -0.39 is 0 Å². The van der Waals surface area contributed by atoms with Gasteiger partial charge in [-0.3, -0.25) is 14.5 Å². The predicted octanol–water partition coefficient (Wildman–Crippen LogP) is 2.35.